The van der Waals surface area contributed by atoms with Gasteiger partial charge in [-0.2, -0.15) is 0 Å². The summed E-state index contributed by atoms with van der Waals surface area (Å²) in [5, 5.41) is 9.01. The van der Waals surface area contributed by atoms with Crippen molar-refractivity contribution in [2.24, 2.45) is 5.92 Å². The van der Waals surface area contributed by atoms with Gasteiger partial charge in [0.25, 0.3) is 0 Å². The summed E-state index contributed by atoms with van der Waals surface area (Å²) in [6.45, 7) is 3.44. The molecule has 0 unspecified atom stereocenters. The highest BCUT2D eigenvalue weighted by Crippen LogP contribution is 2.17. The third kappa shape index (κ3) is 2.30. The second-order valence-electron chi connectivity index (χ2n) is 3.93. The number of aromatic nitrogens is 1. The van der Waals surface area contributed by atoms with Crippen LogP contribution in [0.4, 0.5) is 0 Å². The SMILES string of the molecule is OC[C@@H]1CCN(Cc2ccncc2)C1. The topological polar surface area (TPSA) is 36.4 Å². The normalized spacial score (nSPS) is 22.8. The van der Waals surface area contributed by atoms with Crippen LogP contribution in [0.5, 0.6) is 0 Å². The van der Waals surface area contributed by atoms with Crippen molar-refractivity contribution in [1.82, 2.24) is 9.88 Å². The van der Waals surface area contributed by atoms with Gasteiger partial charge in [0.05, 0.1) is 0 Å². The molecule has 0 spiro atoms. The number of pyridine rings is 1. The molecule has 0 amide bonds. The lowest BCUT2D eigenvalue weighted by molar-refractivity contribution is 0.220. The molecule has 0 saturated carbocycles. The lowest BCUT2D eigenvalue weighted by Gasteiger charge is -2.15. The molecule has 0 radical (unpaired) electrons. The van der Waals surface area contributed by atoms with Crippen molar-refractivity contribution in [3.63, 3.8) is 0 Å². The minimum Gasteiger partial charge on any atom is -0.396 e. The van der Waals surface area contributed by atoms with Crippen LogP contribution < -0.4 is 0 Å². The molecule has 3 nitrogen and oxygen atoms in total. The first-order chi connectivity index (χ1) is 6.88. The van der Waals surface area contributed by atoms with Crippen LogP contribution in [0, 0.1) is 5.92 Å². The molecule has 14 heavy (non-hydrogen) atoms. The third-order valence-corrected chi connectivity index (χ3v) is 2.78. The molecular formula is C11H16N2O. The Kier molecular flexibility index (Phi) is 3.11. The second kappa shape index (κ2) is 4.53. The quantitative estimate of drug-likeness (QED) is 0.773. The molecule has 2 rings (SSSR count). The van der Waals surface area contributed by atoms with E-state index in [1.807, 2.05) is 24.5 Å². The van der Waals surface area contributed by atoms with Gasteiger partial charge in [-0.15, -0.1) is 0 Å². The molecule has 1 saturated heterocycles. The summed E-state index contributed by atoms with van der Waals surface area (Å²) < 4.78 is 0. The molecule has 1 aliphatic heterocycles. The van der Waals surface area contributed by atoms with Crippen LogP contribution in [-0.4, -0.2) is 34.7 Å². The molecule has 1 aromatic heterocycles. The monoisotopic (exact) mass is 192 g/mol. The van der Waals surface area contributed by atoms with Crippen molar-refractivity contribution in [3.05, 3.63) is 30.1 Å². The minimum absolute atomic E-state index is 0.326. The molecule has 0 aliphatic carbocycles. The maximum absolute atomic E-state index is 9.01. The number of hydrogen-bond acceptors (Lipinski definition) is 3. The largest absolute Gasteiger partial charge is 0.396 e. The van der Waals surface area contributed by atoms with Crippen molar-refractivity contribution >= 4 is 0 Å². The minimum atomic E-state index is 0.326. The molecule has 0 aromatic carbocycles. The Labute approximate surface area is 84.4 Å². The van der Waals surface area contributed by atoms with Gasteiger partial charge < -0.3 is 5.11 Å². The highest BCUT2D eigenvalue weighted by atomic mass is 16.3. The maximum atomic E-state index is 9.01. The van der Waals surface area contributed by atoms with Crippen LogP contribution in [0.1, 0.15) is 12.0 Å². The van der Waals surface area contributed by atoms with Crippen LogP contribution in [0.3, 0.4) is 0 Å². The molecule has 76 valence electrons. The van der Waals surface area contributed by atoms with Gasteiger partial charge in [0, 0.05) is 32.1 Å². The van der Waals surface area contributed by atoms with Crippen LogP contribution in [0.25, 0.3) is 0 Å². The molecule has 2 heterocycles. The van der Waals surface area contributed by atoms with E-state index in [0.717, 1.165) is 26.1 Å². The van der Waals surface area contributed by atoms with Gasteiger partial charge in [0.15, 0.2) is 0 Å². The van der Waals surface area contributed by atoms with Gasteiger partial charge in [0.2, 0.25) is 0 Å². The molecule has 1 aromatic rings. The molecule has 1 atom stereocenters. The zero-order valence-electron chi connectivity index (χ0n) is 8.26. The number of rotatable bonds is 3. The summed E-state index contributed by atoms with van der Waals surface area (Å²) in [6.07, 6.45) is 4.78. The van der Waals surface area contributed by atoms with E-state index in [2.05, 4.69) is 9.88 Å². The molecule has 3 heteroatoms. The van der Waals surface area contributed by atoms with Gasteiger partial charge in [0.1, 0.15) is 0 Å². The number of aliphatic hydroxyl groups is 1. The second-order valence-corrected chi connectivity index (χ2v) is 3.93. The molecule has 1 aliphatic rings. The van der Waals surface area contributed by atoms with Gasteiger partial charge in [-0.05, 0) is 36.6 Å². The Balaban J connectivity index is 1.88. The van der Waals surface area contributed by atoms with E-state index in [9.17, 15) is 0 Å². The number of likely N-dealkylation sites (tertiary alicyclic amines) is 1. The maximum Gasteiger partial charge on any atom is 0.0471 e. The van der Waals surface area contributed by atoms with E-state index in [1.54, 1.807) is 0 Å². The fourth-order valence-electron chi connectivity index (χ4n) is 1.95. The fourth-order valence-corrected chi connectivity index (χ4v) is 1.95. The zero-order valence-corrected chi connectivity index (χ0v) is 8.26. The summed E-state index contributed by atoms with van der Waals surface area (Å²) in [5.74, 6) is 0.483. The van der Waals surface area contributed by atoms with Crippen LogP contribution in [0.15, 0.2) is 24.5 Å². The fraction of sp³-hybridized carbons (Fsp3) is 0.545. The van der Waals surface area contributed by atoms with Crippen molar-refractivity contribution in [3.8, 4) is 0 Å². The summed E-state index contributed by atoms with van der Waals surface area (Å²) in [7, 11) is 0. The van der Waals surface area contributed by atoms with E-state index >= 15 is 0 Å². The average molecular weight is 192 g/mol. The third-order valence-electron chi connectivity index (χ3n) is 2.78. The average Bonchev–Trinajstić information content (AvgIpc) is 2.67. The van der Waals surface area contributed by atoms with Gasteiger partial charge in [-0.1, -0.05) is 0 Å². The summed E-state index contributed by atoms with van der Waals surface area (Å²) in [4.78, 5) is 6.38. The summed E-state index contributed by atoms with van der Waals surface area (Å²) in [6, 6.07) is 4.10. The van der Waals surface area contributed by atoms with E-state index in [1.165, 1.54) is 5.56 Å². The van der Waals surface area contributed by atoms with Crippen molar-refractivity contribution < 1.29 is 5.11 Å². The first-order valence-corrected chi connectivity index (χ1v) is 5.10. The lowest BCUT2D eigenvalue weighted by atomic mass is 10.1. The van der Waals surface area contributed by atoms with E-state index in [4.69, 9.17) is 5.11 Å². The Morgan fingerprint density at radius 1 is 1.43 bits per heavy atom. The number of nitrogens with zero attached hydrogens (tertiary/aromatic N) is 2. The van der Waals surface area contributed by atoms with E-state index in [0.29, 0.717) is 12.5 Å². The number of aliphatic hydroxyl groups excluding tert-OH is 1. The number of hydrogen-bond donors (Lipinski definition) is 1. The Morgan fingerprint density at radius 2 is 2.21 bits per heavy atom. The molecular weight excluding hydrogens is 176 g/mol. The summed E-state index contributed by atoms with van der Waals surface area (Å²) in [5.41, 5.74) is 1.30. The van der Waals surface area contributed by atoms with Crippen LogP contribution in [-0.2, 0) is 6.54 Å². The van der Waals surface area contributed by atoms with Crippen LogP contribution in [0.2, 0.25) is 0 Å². The van der Waals surface area contributed by atoms with Crippen molar-refractivity contribution in [2.45, 2.75) is 13.0 Å². The van der Waals surface area contributed by atoms with E-state index in [-0.39, 0.29) is 0 Å². The van der Waals surface area contributed by atoms with Gasteiger partial charge in [-0.25, -0.2) is 0 Å². The van der Waals surface area contributed by atoms with Gasteiger partial charge in [-0.3, -0.25) is 9.88 Å². The predicted octanol–water partition coefficient (Wildman–Crippen LogP) is 0.896. The lowest BCUT2D eigenvalue weighted by Crippen LogP contribution is -2.20. The first kappa shape index (κ1) is 9.62. The summed E-state index contributed by atoms with van der Waals surface area (Å²) >= 11 is 0. The Bertz CT molecular complexity index is 276. The molecule has 1 N–H and O–H groups in total. The Hall–Kier alpha value is -0.930. The van der Waals surface area contributed by atoms with Gasteiger partial charge >= 0.3 is 0 Å². The van der Waals surface area contributed by atoms with Crippen molar-refractivity contribution in [2.75, 3.05) is 19.7 Å². The van der Waals surface area contributed by atoms with Crippen molar-refractivity contribution in [1.29, 1.82) is 0 Å². The predicted molar refractivity (Wildman–Crippen MR) is 54.7 cm³/mol. The van der Waals surface area contributed by atoms with Crippen LogP contribution >= 0.6 is 0 Å². The Morgan fingerprint density at radius 3 is 2.86 bits per heavy atom. The highest BCUT2D eigenvalue weighted by Gasteiger charge is 2.21. The highest BCUT2D eigenvalue weighted by molar-refractivity contribution is 5.09. The zero-order chi connectivity index (χ0) is 9.80. The van der Waals surface area contributed by atoms with E-state index < -0.39 is 0 Å². The standard InChI is InChI=1S/C11H16N2O/c14-9-11-3-6-13(8-11)7-10-1-4-12-5-2-10/h1-2,4-5,11,14H,3,6-9H2/t11-/m1/s1. The molecule has 0 bridgehead atoms. The first-order valence-electron chi connectivity index (χ1n) is 5.10. The smallest absolute Gasteiger partial charge is 0.0471 e. The molecule has 1 fully saturated rings.